The fourth-order valence-electron chi connectivity index (χ4n) is 3.47. The number of amides is 1. The lowest BCUT2D eigenvalue weighted by molar-refractivity contribution is -0.114. The second-order valence-electron chi connectivity index (χ2n) is 6.48. The molecule has 25 heavy (non-hydrogen) atoms. The molecular formula is C22H20N2O. The van der Waals surface area contributed by atoms with Crippen LogP contribution < -0.4 is 5.32 Å². The van der Waals surface area contributed by atoms with E-state index in [4.69, 9.17) is 4.98 Å². The van der Waals surface area contributed by atoms with E-state index in [2.05, 4.69) is 35.7 Å². The number of anilines is 1. The lowest BCUT2D eigenvalue weighted by Gasteiger charge is -2.19. The van der Waals surface area contributed by atoms with Crippen LogP contribution in [-0.2, 0) is 11.2 Å². The lowest BCUT2D eigenvalue weighted by Crippen LogP contribution is -2.08. The normalized spacial score (nSPS) is 15.2. The monoisotopic (exact) mass is 328 g/mol. The van der Waals surface area contributed by atoms with Crippen LogP contribution in [0.1, 0.15) is 36.6 Å². The predicted octanol–water partition coefficient (Wildman–Crippen LogP) is 5.07. The highest BCUT2D eigenvalue weighted by Gasteiger charge is 2.17. The van der Waals surface area contributed by atoms with Crippen molar-refractivity contribution in [2.24, 2.45) is 0 Å². The van der Waals surface area contributed by atoms with Crippen LogP contribution in [0.4, 0.5) is 5.69 Å². The summed E-state index contributed by atoms with van der Waals surface area (Å²) in [6.07, 6.45) is 5.37. The van der Waals surface area contributed by atoms with Crippen molar-refractivity contribution in [2.45, 2.75) is 26.2 Å². The number of aromatic nitrogens is 1. The van der Waals surface area contributed by atoms with E-state index in [0.717, 1.165) is 41.7 Å². The molecular weight excluding hydrogens is 308 g/mol. The van der Waals surface area contributed by atoms with Gasteiger partial charge in [-0.25, -0.2) is 4.98 Å². The third-order valence-corrected chi connectivity index (χ3v) is 4.60. The predicted molar refractivity (Wildman–Crippen MR) is 103 cm³/mol. The molecule has 2 aromatic carbocycles. The number of para-hydroxylation sites is 2. The number of nitrogens with zero attached hydrogens (tertiary/aromatic N) is 1. The van der Waals surface area contributed by atoms with E-state index in [1.165, 1.54) is 23.4 Å². The molecule has 0 saturated carbocycles. The first-order chi connectivity index (χ1) is 12.2. The van der Waals surface area contributed by atoms with Gasteiger partial charge in [0.15, 0.2) is 0 Å². The summed E-state index contributed by atoms with van der Waals surface area (Å²) < 4.78 is 0. The second-order valence-corrected chi connectivity index (χ2v) is 6.48. The van der Waals surface area contributed by atoms with Crippen molar-refractivity contribution in [1.29, 1.82) is 0 Å². The van der Waals surface area contributed by atoms with Crippen LogP contribution >= 0.6 is 0 Å². The van der Waals surface area contributed by atoms with Crippen molar-refractivity contribution in [1.82, 2.24) is 4.98 Å². The molecule has 4 rings (SSSR count). The van der Waals surface area contributed by atoms with E-state index in [9.17, 15) is 4.79 Å². The van der Waals surface area contributed by atoms with Gasteiger partial charge in [0.2, 0.25) is 5.91 Å². The largest absolute Gasteiger partial charge is 0.326 e. The van der Waals surface area contributed by atoms with Crippen LogP contribution in [0.3, 0.4) is 0 Å². The van der Waals surface area contributed by atoms with Gasteiger partial charge in [0.1, 0.15) is 0 Å². The minimum atomic E-state index is -0.0565. The molecule has 1 N–H and O–H groups in total. The summed E-state index contributed by atoms with van der Waals surface area (Å²) in [5, 5.41) is 4.11. The number of pyridine rings is 1. The standard InChI is InChI=1S/C22H20N2O/c1-15(25)23-20-11-4-2-7-16(20)13-18-9-6-10-19-14-17-8-3-5-12-21(17)24-22(18)19/h2-5,7-8,11-14H,6,9-10H2,1H3,(H,23,25)/b18-13-. The van der Waals surface area contributed by atoms with Gasteiger partial charge in [-0.2, -0.15) is 0 Å². The average Bonchev–Trinajstić information content (AvgIpc) is 2.61. The van der Waals surface area contributed by atoms with Crippen LogP contribution in [0.25, 0.3) is 22.6 Å². The zero-order chi connectivity index (χ0) is 17.2. The first kappa shape index (κ1) is 15.6. The lowest BCUT2D eigenvalue weighted by atomic mass is 9.89. The Morgan fingerprint density at radius 1 is 1.08 bits per heavy atom. The highest BCUT2D eigenvalue weighted by atomic mass is 16.1. The van der Waals surface area contributed by atoms with Crippen molar-refractivity contribution in [2.75, 3.05) is 5.32 Å². The van der Waals surface area contributed by atoms with E-state index >= 15 is 0 Å². The summed E-state index contributed by atoms with van der Waals surface area (Å²) in [6, 6.07) is 18.4. The first-order valence-corrected chi connectivity index (χ1v) is 8.67. The number of carbonyl (C=O) groups excluding carboxylic acids is 1. The number of nitrogens with one attached hydrogen (secondary N) is 1. The molecule has 124 valence electrons. The van der Waals surface area contributed by atoms with Gasteiger partial charge < -0.3 is 5.32 Å². The second kappa shape index (κ2) is 6.52. The van der Waals surface area contributed by atoms with Gasteiger partial charge in [-0.15, -0.1) is 0 Å². The fraction of sp³-hybridized carbons (Fsp3) is 0.182. The summed E-state index contributed by atoms with van der Waals surface area (Å²) in [6.45, 7) is 1.54. The number of allylic oxidation sites excluding steroid dienone is 1. The molecule has 0 aliphatic heterocycles. The maximum absolute atomic E-state index is 11.5. The number of hydrogen-bond acceptors (Lipinski definition) is 2. The van der Waals surface area contributed by atoms with Crippen molar-refractivity contribution >= 4 is 34.1 Å². The van der Waals surface area contributed by atoms with E-state index < -0.39 is 0 Å². The van der Waals surface area contributed by atoms with Crippen molar-refractivity contribution in [3.05, 3.63) is 71.4 Å². The van der Waals surface area contributed by atoms with Crippen molar-refractivity contribution < 1.29 is 4.79 Å². The molecule has 3 nitrogen and oxygen atoms in total. The Morgan fingerprint density at radius 3 is 2.76 bits per heavy atom. The van der Waals surface area contributed by atoms with Gasteiger partial charge in [0.05, 0.1) is 11.2 Å². The van der Waals surface area contributed by atoms with Crippen LogP contribution in [0.5, 0.6) is 0 Å². The molecule has 0 unspecified atom stereocenters. The number of fused-ring (bicyclic) bond motifs is 2. The maximum Gasteiger partial charge on any atom is 0.221 e. The molecule has 1 heterocycles. The summed E-state index contributed by atoms with van der Waals surface area (Å²) in [7, 11) is 0. The number of carbonyl (C=O) groups is 1. The highest BCUT2D eigenvalue weighted by molar-refractivity contribution is 5.94. The van der Waals surface area contributed by atoms with Crippen LogP contribution in [0.2, 0.25) is 0 Å². The molecule has 0 bridgehead atoms. The minimum Gasteiger partial charge on any atom is -0.326 e. The Hall–Kier alpha value is -2.94. The van der Waals surface area contributed by atoms with Gasteiger partial charge in [0, 0.05) is 18.0 Å². The molecule has 3 heteroatoms. The van der Waals surface area contributed by atoms with E-state index in [-0.39, 0.29) is 5.91 Å². The molecule has 0 radical (unpaired) electrons. The summed E-state index contributed by atoms with van der Waals surface area (Å²) >= 11 is 0. The van der Waals surface area contributed by atoms with E-state index in [0.29, 0.717) is 0 Å². The molecule has 1 aliphatic carbocycles. The number of aryl methyl sites for hydroxylation is 1. The Morgan fingerprint density at radius 2 is 1.88 bits per heavy atom. The van der Waals surface area contributed by atoms with Gasteiger partial charge >= 0.3 is 0 Å². The topological polar surface area (TPSA) is 42.0 Å². The van der Waals surface area contributed by atoms with Crippen molar-refractivity contribution in [3.63, 3.8) is 0 Å². The Kier molecular flexibility index (Phi) is 4.06. The third-order valence-electron chi connectivity index (χ3n) is 4.60. The average molecular weight is 328 g/mol. The summed E-state index contributed by atoms with van der Waals surface area (Å²) in [5.41, 5.74) is 6.55. The zero-order valence-electron chi connectivity index (χ0n) is 14.3. The van der Waals surface area contributed by atoms with Gasteiger partial charge in [-0.3, -0.25) is 4.79 Å². The molecule has 0 atom stereocenters. The Labute approximate surface area is 147 Å². The Bertz CT molecular complexity index is 988. The van der Waals surface area contributed by atoms with Gasteiger partial charge in [-0.1, -0.05) is 36.4 Å². The zero-order valence-corrected chi connectivity index (χ0v) is 14.3. The SMILES string of the molecule is CC(=O)Nc1ccccc1/C=C1/CCCc2cc3ccccc3nc21. The number of rotatable bonds is 2. The summed E-state index contributed by atoms with van der Waals surface area (Å²) in [5.74, 6) is -0.0565. The highest BCUT2D eigenvalue weighted by Crippen LogP contribution is 2.34. The number of hydrogen-bond donors (Lipinski definition) is 1. The molecule has 1 aliphatic rings. The van der Waals surface area contributed by atoms with Crippen LogP contribution in [0, 0.1) is 0 Å². The molecule has 0 spiro atoms. The fourth-order valence-corrected chi connectivity index (χ4v) is 3.47. The molecule has 0 saturated heterocycles. The maximum atomic E-state index is 11.5. The smallest absolute Gasteiger partial charge is 0.221 e. The van der Waals surface area contributed by atoms with Gasteiger partial charge in [-0.05, 0) is 60.2 Å². The minimum absolute atomic E-state index is 0.0565. The molecule has 1 amide bonds. The molecule has 0 fully saturated rings. The third kappa shape index (κ3) is 3.18. The van der Waals surface area contributed by atoms with Gasteiger partial charge in [0.25, 0.3) is 0 Å². The van der Waals surface area contributed by atoms with E-state index in [1.807, 2.05) is 30.3 Å². The number of benzene rings is 2. The van der Waals surface area contributed by atoms with Crippen LogP contribution in [-0.4, -0.2) is 10.9 Å². The molecule has 3 aromatic rings. The van der Waals surface area contributed by atoms with E-state index in [1.54, 1.807) is 0 Å². The first-order valence-electron chi connectivity index (χ1n) is 8.67. The molecule has 1 aromatic heterocycles. The quantitative estimate of drug-likeness (QED) is 0.713. The summed E-state index contributed by atoms with van der Waals surface area (Å²) in [4.78, 5) is 16.4. The van der Waals surface area contributed by atoms with Crippen molar-refractivity contribution in [3.8, 4) is 0 Å². The Balaban J connectivity index is 1.82. The van der Waals surface area contributed by atoms with Crippen LogP contribution in [0.15, 0.2) is 54.6 Å².